The lowest BCUT2D eigenvalue weighted by Crippen LogP contribution is -1.96. The van der Waals surface area contributed by atoms with Gasteiger partial charge in [-0.05, 0) is 11.5 Å². The predicted octanol–water partition coefficient (Wildman–Crippen LogP) is 5.21. The van der Waals surface area contributed by atoms with E-state index in [2.05, 4.69) is 27.7 Å². The van der Waals surface area contributed by atoms with Gasteiger partial charge in [-0.25, -0.2) is 0 Å². The van der Waals surface area contributed by atoms with Crippen molar-refractivity contribution in [1.82, 2.24) is 0 Å². The van der Waals surface area contributed by atoms with Gasteiger partial charge in [-0.15, -0.1) is 0 Å². The summed E-state index contributed by atoms with van der Waals surface area (Å²) in [5.74, 6) is 0.751. The molecule has 0 saturated heterocycles. The first kappa shape index (κ1) is 15.9. The molecule has 0 saturated carbocycles. The molecule has 0 spiro atoms. The summed E-state index contributed by atoms with van der Waals surface area (Å²) in [5.41, 5.74) is 2.11. The third kappa shape index (κ3) is 6.25. The van der Waals surface area contributed by atoms with Gasteiger partial charge in [-0.3, -0.25) is 4.79 Å². The number of carbonyl (C=O) groups excluding carboxylic acids is 1. The fourth-order valence-electron chi connectivity index (χ4n) is 1.26. The first-order chi connectivity index (χ1) is 8.06. The summed E-state index contributed by atoms with van der Waals surface area (Å²) in [6.07, 6.45) is 3.22. The highest BCUT2D eigenvalue weighted by molar-refractivity contribution is 5.95. The van der Waals surface area contributed by atoms with Crippen molar-refractivity contribution in [1.29, 1.82) is 0 Å². The fourth-order valence-corrected chi connectivity index (χ4v) is 1.26. The van der Waals surface area contributed by atoms with Crippen LogP contribution in [0.2, 0.25) is 0 Å². The van der Waals surface area contributed by atoms with Crippen LogP contribution in [0.15, 0.2) is 24.3 Å². The molecule has 1 nitrogen and oxygen atoms in total. The quantitative estimate of drug-likeness (QED) is 0.654. The van der Waals surface area contributed by atoms with Gasteiger partial charge in [0, 0.05) is 12.0 Å². The van der Waals surface area contributed by atoms with Crippen molar-refractivity contribution in [3.8, 4) is 0 Å². The molecule has 1 heteroatoms. The molecule has 0 aliphatic carbocycles. The molecule has 1 aromatic rings. The zero-order valence-electron chi connectivity index (χ0n) is 11.9. The molecule has 0 heterocycles. The number of hydrogen-bond donors (Lipinski definition) is 0. The van der Waals surface area contributed by atoms with E-state index in [-0.39, 0.29) is 5.78 Å². The van der Waals surface area contributed by atoms with E-state index in [0.717, 1.165) is 5.56 Å². The molecule has 0 aliphatic rings. The largest absolute Gasteiger partial charge is 0.294 e. The van der Waals surface area contributed by atoms with Crippen molar-refractivity contribution in [2.75, 3.05) is 0 Å². The molecule has 0 bridgehead atoms. The Labute approximate surface area is 106 Å². The van der Waals surface area contributed by atoms with Crippen molar-refractivity contribution in [2.24, 2.45) is 0 Å². The van der Waals surface area contributed by atoms with Gasteiger partial charge >= 0.3 is 0 Å². The van der Waals surface area contributed by atoms with E-state index >= 15 is 0 Å². The second kappa shape index (κ2) is 8.98. The lowest BCUT2D eigenvalue weighted by atomic mass is 10.00. The smallest absolute Gasteiger partial charge is 0.162 e. The summed E-state index contributed by atoms with van der Waals surface area (Å²) in [4.78, 5) is 11.3. The number of unbranched alkanes of at least 4 members (excludes halogenated alkanes) is 1. The maximum absolute atomic E-state index is 11.3. The van der Waals surface area contributed by atoms with Crippen LogP contribution in [0.4, 0.5) is 0 Å². The second-order valence-electron chi connectivity index (χ2n) is 4.55. The van der Waals surface area contributed by atoms with Crippen molar-refractivity contribution >= 4 is 5.78 Å². The molecule has 17 heavy (non-hydrogen) atoms. The second-order valence-corrected chi connectivity index (χ2v) is 4.55. The highest BCUT2D eigenvalue weighted by atomic mass is 16.1. The number of hydrogen-bond acceptors (Lipinski definition) is 1. The van der Waals surface area contributed by atoms with Gasteiger partial charge in [-0.1, -0.05) is 71.7 Å². The Hall–Kier alpha value is -1.11. The lowest BCUT2D eigenvalue weighted by Gasteiger charge is -2.05. The Kier molecular flexibility index (Phi) is 8.39. The molecule has 0 amide bonds. The minimum atomic E-state index is 0.218. The average Bonchev–Trinajstić information content (AvgIpc) is 2.38. The molecule has 0 fully saturated rings. The minimum Gasteiger partial charge on any atom is -0.294 e. The molecule has 0 atom stereocenters. The molecule has 0 aliphatic heterocycles. The number of Topliss-reactive ketones (excluding diaryl/α,β-unsaturated/α-hetero) is 1. The van der Waals surface area contributed by atoms with E-state index < -0.39 is 0 Å². The third-order valence-electron chi connectivity index (χ3n) is 2.72. The fraction of sp³-hybridized carbons (Fsp3) is 0.562. The van der Waals surface area contributed by atoms with Crippen molar-refractivity contribution in [3.05, 3.63) is 35.4 Å². The van der Waals surface area contributed by atoms with Crippen molar-refractivity contribution in [3.63, 3.8) is 0 Å². The average molecular weight is 234 g/mol. The van der Waals surface area contributed by atoms with Crippen molar-refractivity contribution < 1.29 is 4.79 Å². The van der Waals surface area contributed by atoms with E-state index in [1.165, 1.54) is 18.4 Å². The van der Waals surface area contributed by atoms with Crippen LogP contribution < -0.4 is 0 Å². The van der Waals surface area contributed by atoms with E-state index in [1.54, 1.807) is 0 Å². The number of ketones is 1. The van der Waals surface area contributed by atoms with E-state index in [4.69, 9.17) is 0 Å². The summed E-state index contributed by atoms with van der Waals surface area (Å²) in [6.45, 7) is 10.5. The number of carbonyl (C=O) groups is 1. The van der Waals surface area contributed by atoms with Crippen LogP contribution in [0.25, 0.3) is 0 Å². The Morgan fingerprint density at radius 1 is 1.00 bits per heavy atom. The van der Waals surface area contributed by atoms with Gasteiger partial charge in [-0.2, -0.15) is 0 Å². The van der Waals surface area contributed by atoms with Crippen LogP contribution in [0.1, 0.15) is 75.7 Å². The predicted molar refractivity (Wildman–Crippen MR) is 75.7 cm³/mol. The lowest BCUT2D eigenvalue weighted by molar-refractivity contribution is 0.0988. The first-order valence-corrected chi connectivity index (χ1v) is 6.69. The topological polar surface area (TPSA) is 17.1 Å². The SMILES string of the molecule is CCC(=O)c1ccc(C(C)C)cc1.CCCC. The first-order valence-electron chi connectivity index (χ1n) is 6.69. The summed E-state index contributed by atoms with van der Waals surface area (Å²) in [6, 6.07) is 7.91. The van der Waals surface area contributed by atoms with Gasteiger partial charge < -0.3 is 0 Å². The Balaban J connectivity index is 0.000000557. The molecule has 1 aromatic carbocycles. The molecular formula is C16H26O. The van der Waals surface area contributed by atoms with Crippen LogP contribution in [-0.4, -0.2) is 5.78 Å². The molecule has 0 N–H and O–H groups in total. The number of benzene rings is 1. The summed E-state index contributed by atoms with van der Waals surface area (Å²) in [5, 5.41) is 0. The normalized spacial score (nSPS) is 9.76. The van der Waals surface area contributed by atoms with Crippen LogP contribution in [0.3, 0.4) is 0 Å². The van der Waals surface area contributed by atoms with E-state index in [0.29, 0.717) is 12.3 Å². The monoisotopic (exact) mass is 234 g/mol. The maximum Gasteiger partial charge on any atom is 0.162 e. The van der Waals surface area contributed by atoms with Crippen LogP contribution >= 0.6 is 0 Å². The Morgan fingerprint density at radius 3 is 1.76 bits per heavy atom. The molecule has 0 unspecified atom stereocenters. The highest BCUT2D eigenvalue weighted by Crippen LogP contribution is 2.15. The molecule has 96 valence electrons. The highest BCUT2D eigenvalue weighted by Gasteiger charge is 2.03. The maximum atomic E-state index is 11.3. The summed E-state index contributed by atoms with van der Waals surface area (Å²) < 4.78 is 0. The number of rotatable bonds is 4. The van der Waals surface area contributed by atoms with Crippen LogP contribution in [0, 0.1) is 0 Å². The minimum absolute atomic E-state index is 0.218. The zero-order valence-corrected chi connectivity index (χ0v) is 11.9. The van der Waals surface area contributed by atoms with Gasteiger partial charge in [0.1, 0.15) is 0 Å². The third-order valence-corrected chi connectivity index (χ3v) is 2.72. The molecule has 1 rings (SSSR count). The van der Waals surface area contributed by atoms with Crippen molar-refractivity contribution in [2.45, 2.75) is 59.8 Å². The van der Waals surface area contributed by atoms with E-state index in [1.807, 2.05) is 31.2 Å². The summed E-state index contributed by atoms with van der Waals surface area (Å²) >= 11 is 0. The Morgan fingerprint density at radius 2 is 1.47 bits per heavy atom. The van der Waals surface area contributed by atoms with Gasteiger partial charge in [0.05, 0.1) is 0 Å². The van der Waals surface area contributed by atoms with Crippen LogP contribution in [-0.2, 0) is 0 Å². The van der Waals surface area contributed by atoms with Gasteiger partial charge in [0.15, 0.2) is 5.78 Å². The molecule has 0 radical (unpaired) electrons. The Bertz CT molecular complexity index is 307. The van der Waals surface area contributed by atoms with Gasteiger partial charge in [0.2, 0.25) is 0 Å². The molecular weight excluding hydrogens is 208 g/mol. The van der Waals surface area contributed by atoms with Gasteiger partial charge in [0.25, 0.3) is 0 Å². The van der Waals surface area contributed by atoms with Crippen LogP contribution in [0.5, 0.6) is 0 Å². The standard InChI is InChI=1S/C12H16O.C4H10/c1-4-12(13)11-7-5-10(6-8-11)9(2)3;1-3-4-2/h5-9H,4H2,1-3H3;3-4H2,1-2H3. The molecule has 0 aromatic heterocycles. The van der Waals surface area contributed by atoms with E-state index in [9.17, 15) is 4.79 Å². The zero-order chi connectivity index (χ0) is 13.3. The summed E-state index contributed by atoms with van der Waals surface area (Å²) in [7, 11) is 0.